The average Bonchev–Trinajstić information content (AvgIpc) is 2.87. The number of fused-ring (bicyclic) bond motifs is 3. The van der Waals surface area contributed by atoms with Gasteiger partial charge < -0.3 is 19.4 Å². The smallest absolute Gasteiger partial charge is 0.310 e. The van der Waals surface area contributed by atoms with Crippen LogP contribution in [-0.4, -0.2) is 62.1 Å². The number of anilines is 2. The Balaban J connectivity index is 1.41. The quantitative estimate of drug-likeness (QED) is 0.618. The molecule has 0 bridgehead atoms. The monoisotopic (exact) mass is 481 g/mol. The largest absolute Gasteiger partial charge is 0.466 e. The number of nitrogens with zero attached hydrogens (tertiary/aromatic N) is 3. The van der Waals surface area contributed by atoms with Gasteiger partial charge in [0.1, 0.15) is 0 Å². The number of carbonyl (C=O) groups is 2. The number of ether oxygens (including phenoxy) is 1. The van der Waals surface area contributed by atoms with Crippen LogP contribution in [0.5, 0.6) is 0 Å². The molecule has 3 unspecified atom stereocenters. The van der Waals surface area contributed by atoms with Crippen LogP contribution in [0.25, 0.3) is 0 Å². The summed E-state index contributed by atoms with van der Waals surface area (Å²) in [5.74, 6) is -0.399. The van der Waals surface area contributed by atoms with Crippen LogP contribution in [0.1, 0.15) is 25.3 Å². The van der Waals surface area contributed by atoms with Crippen molar-refractivity contribution in [2.24, 2.45) is 11.8 Å². The molecule has 7 heteroatoms. The van der Waals surface area contributed by atoms with Crippen molar-refractivity contribution < 1.29 is 14.3 Å². The topological polar surface area (TPSA) is 53.1 Å². The fraction of sp³-hybridized carbons (Fsp3) is 0.481. The molecule has 3 atom stereocenters. The average molecular weight is 482 g/mol. The molecule has 0 saturated carbocycles. The summed E-state index contributed by atoms with van der Waals surface area (Å²) in [6.45, 7) is 5.86. The molecule has 0 spiro atoms. The summed E-state index contributed by atoms with van der Waals surface area (Å²) in [5.41, 5.74) is 3.56. The van der Waals surface area contributed by atoms with Crippen LogP contribution in [0.2, 0.25) is 5.02 Å². The number of carbonyl (C=O) groups excluding carboxylic acids is 2. The van der Waals surface area contributed by atoms with Gasteiger partial charge in [0.05, 0.1) is 24.5 Å². The fourth-order valence-corrected chi connectivity index (χ4v) is 6.00. The van der Waals surface area contributed by atoms with Gasteiger partial charge >= 0.3 is 5.97 Å². The Hall–Kier alpha value is -2.73. The molecule has 5 rings (SSSR count). The molecule has 2 aromatic carbocycles. The molecule has 2 aromatic rings. The predicted octanol–water partition coefficient (Wildman–Crippen LogP) is 4.01. The van der Waals surface area contributed by atoms with E-state index in [2.05, 4.69) is 40.1 Å². The number of esters is 1. The van der Waals surface area contributed by atoms with E-state index >= 15 is 0 Å². The number of piperazine rings is 1. The second-order valence-corrected chi connectivity index (χ2v) is 9.94. The molecule has 3 heterocycles. The lowest BCUT2D eigenvalue weighted by Crippen LogP contribution is -2.62. The summed E-state index contributed by atoms with van der Waals surface area (Å²) in [6, 6.07) is 16.5. The first-order valence-electron chi connectivity index (χ1n) is 12.4. The van der Waals surface area contributed by atoms with Crippen molar-refractivity contribution in [2.45, 2.75) is 32.2 Å². The Morgan fingerprint density at radius 2 is 1.91 bits per heavy atom. The van der Waals surface area contributed by atoms with E-state index in [-0.39, 0.29) is 29.8 Å². The number of hydrogen-bond acceptors (Lipinski definition) is 5. The van der Waals surface area contributed by atoms with Crippen LogP contribution < -0.4 is 9.80 Å². The highest BCUT2D eigenvalue weighted by Gasteiger charge is 2.44. The minimum Gasteiger partial charge on any atom is -0.466 e. The number of hydrogen-bond donors (Lipinski definition) is 0. The standard InChI is InChI=1S/C27H32ClN3O3/c1-2-34-27(33)20-8-6-12-30(17-20)26(32)23-15-19-7-3-4-11-24(19)31-14-13-29(18-25(23)31)22-10-5-9-21(28)16-22/h3-5,7,9-11,16,20,23,25H,2,6,8,12-15,17-18H2,1H3. The lowest BCUT2D eigenvalue weighted by molar-refractivity contribution is -0.152. The fourth-order valence-electron chi connectivity index (χ4n) is 5.81. The molecular weight excluding hydrogens is 450 g/mol. The van der Waals surface area contributed by atoms with Gasteiger partial charge in [-0.05, 0) is 56.0 Å². The van der Waals surface area contributed by atoms with E-state index in [0.717, 1.165) is 49.6 Å². The van der Waals surface area contributed by atoms with Gasteiger partial charge in [0.2, 0.25) is 5.91 Å². The molecule has 2 saturated heterocycles. The Bertz CT molecular complexity index is 1060. The van der Waals surface area contributed by atoms with Crippen molar-refractivity contribution in [1.82, 2.24) is 4.90 Å². The Labute approximate surface area is 206 Å². The van der Waals surface area contributed by atoms with Crippen molar-refractivity contribution in [3.05, 3.63) is 59.1 Å². The molecule has 0 N–H and O–H groups in total. The number of rotatable bonds is 4. The van der Waals surface area contributed by atoms with Crippen molar-refractivity contribution in [3.8, 4) is 0 Å². The van der Waals surface area contributed by atoms with Crippen LogP contribution in [0, 0.1) is 11.8 Å². The van der Waals surface area contributed by atoms with Gasteiger partial charge in [-0.1, -0.05) is 35.9 Å². The van der Waals surface area contributed by atoms with Crippen molar-refractivity contribution in [1.29, 1.82) is 0 Å². The molecule has 2 fully saturated rings. The first-order chi connectivity index (χ1) is 16.5. The number of benzene rings is 2. The zero-order chi connectivity index (χ0) is 23.7. The minimum atomic E-state index is -0.223. The summed E-state index contributed by atoms with van der Waals surface area (Å²) in [5, 5.41) is 0.722. The second kappa shape index (κ2) is 9.87. The van der Waals surface area contributed by atoms with Gasteiger partial charge in [0.25, 0.3) is 0 Å². The summed E-state index contributed by atoms with van der Waals surface area (Å²) >= 11 is 6.28. The lowest BCUT2D eigenvalue weighted by atomic mass is 9.82. The third kappa shape index (κ3) is 4.48. The zero-order valence-electron chi connectivity index (χ0n) is 19.7. The molecule has 0 aliphatic carbocycles. The van der Waals surface area contributed by atoms with Crippen LogP contribution in [0.4, 0.5) is 11.4 Å². The molecule has 34 heavy (non-hydrogen) atoms. The molecule has 1 amide bonds. The van der Waals surface area contributed by atoms with E-state index in [9.17, 15) is 9.59 Å². The maximum absolute atomic E-state index is 13.9. The number of para-hydroxylation sites is 1. The van der Waals surface area contributed by atoms with Gasteiger partial charge in [-0.15, -0.1) is 0 Å². The first-order valence-corrected chi connectivity index (χ1v) is 12.7. The van der Waals surface area contributed by atoms with Gasteiger partial charge in [-0.3, -0.25) is 9.59 Å². The second-order valence-electron chi connectivity index (χ2n) is 9.50. The number of likely N-dealkylation sites (tertiary alicyclic amines) is 1. The molecule has 180 valence electrons. The van der Waals surface area contributed by atoms with Crippen LogP contribution >= 0.6 is 11.6 Å². The first kappa shape index (κ1) is 23.0. The van der Waals surface area contributed by atoms with Crippen LogP contribution in [0.3, 0.4) is 0 Å². The van der Waals surface area contributed by atoms with Gasteiger partial charge in [0, 0.05) is 49.1 Å². The van der Waals surface area contributed by atoms with E-state index in [0.29, 0.717) is 19.7 Å². The lowest BCUT2D eigenvalue weighted by Gasteiger charge is -2.50. The van der Waals surface area contributed by atoms with Crippen molar-refractivity contribution >= 4 is 34.9 Å². The summed E-state index contributed by atoms with van der Waals surface area (Å²) in [4.78, 5) is 33.0. The van der Waals surface area contributed by atoms with Crippen molar-refractivity contribution in [3.63, 3.8) is 0 Å². The van der Waals surface area contributed by atoms with E-state index in [1.807, 2.05) is 30.0 Å². The van der Waals surface area contributed by atoms with E-state index in [1.54, 1.807) is 0 Å². The van der Waals surface area contributed by atoms with Gasteiger partial charge in [-0.25, -0.2) is 0 Å². The normalized spacial score (nSPS) is 24.3. The molecule has 0 radical (unpaired) electrons. The molecule has 0 aromatic heterocycles. The van der Waals surface area contributed by atoms with Crippen LogP contribution in [-0.2, 0) is 20.7 Å². The predicted molar refractivity (Wildman–Crippen MR) is 134 cm³/mol. The van der Waals surface area contributed by atoms with E-state index < -0.39 is 0 Å². The molecular formula is C27H32ClN3O3. The maximum atomic E-state index is 13.9. The third-order valence-corrected chi connectivity index (χ3v) is 7.70. The highest BCUT2D eigenvalue weighted by molar-refractivity contribution is 6.30. The highest BCUT2D eigenvalue weighted by atomic mass is 35.5. The molecule has 3 aliphatic heterocycles. The summed E-state index contributed by atoms with van der Waals surface area (Å²) in [6.07, 6.45) is 2.34. The molecule has 3 aliphatic rings. The SMILES string of the molecule is CCOC(=O)C1CCCN(C(=O)C2Cc3ccccc3N3CCN(c4cccc(Cl)c4)CC23)C1. The highest BCUT2D eigenvalue weighted by Crippen LogP contribution is 2.38. The summed E-state index contributed by atoms with van der Waals surface area (Å²) in [7, 11) is 0. The van der Waals surface area contributed by atoms with Crippen molar-refractivity contribution in [2.75, 3.05) is 49.1 Å². The van der Waals surface area contributed by atoms with Gasteiger partial charge in [0.15, 0.2) is 0 Å². The van der Waals surface area contributed by atoms with E-state index in [1.165, 1.54) is 11.3 Å². The number of amides is 1. The maximum Gasteiger partial charge on any atom is 0.310 e. The molecule has 6 nitrogen and oxygen atoms in total. The van der Waals surface area contributed by atoms with E-state index in [4.69, 9.17) is 16.3 Å². The Kier molecular flexibility index (Phi) is 6.68. The third-order valence-electron chi connectivity index (χ3n) is 7.47. The summed E-state index contributed by atoms with van der Waals surface area (Å²) < 4.78 is 5.26. The number of piperidine rings is 1. The van der Waals surface area contributed by atoms with Gasteiger partial charge in [-0.2, -0.15) is 0 Å². The Morgan fingerprint density at radius 3 is 2.74 bits per heavy atom. The Morgan fingerprint density at radius 1 is 1.06 bits per heavy atom. The minimum absolute atomic E-state index is 0.0677. The van der Waals surface area contributed by atoms with Crippen LogP contribution in [0.15, 0.2) is 48.5 Å². The number of halogens is 1. The zero-order valence-corrected chi connectivity index (χ0v) is 20.4.